The summed E-state index contributed by atoms with van der Waals surface area (Å²) in [6.45, 7) is 7.94. The van der Waals surface area contributed by atoms with Crippen molar-refractivity contribution in [1.29, 1.82) is 0 Å². The fourth-order valence-corrected chi connectivity index (χ4v) is 4.87. The molecule has 3 heterocycles. The van der Waals surface area contributed by atoms with Crippen LogP contribution < -0.4 is 25.2 Å². The Morgan fingerprint density at radius 3 is 2.78 bits per heavy atom. The molecule has 0 bridgehead atoms. The van der Waals surface area contributed by atoms with Crippen molar-refractivity contribution in [3.05, 3.63) is 63.1 Å². The van der Waals surface area contributed by atoms with Crippen molar-refractivity contribution >= 4 is 27.8 Å². The minimum atomic E-state index is -0.373. The van der Waals surface area contributed by atoms with Gasteiger partial charge < -0.3 is 28.9 Å². The highest BCUT2D eigenvalue weighted by molar-refractivity contribution is 5.92. The van der Waals surface area contributed by atoms with Crippen LogP contribution in [0.4, 0.5) is 0 Å². The number of aromatic amines is 1. The molecule has 0 radical (unpaired) electrons. The first kappa shape index (κ1) is 24.7. The first-order chi connectivity index (χ1) is 17.7. The molecule has 8 heteroatoms. The van der Waals surface area contributed by atoms with Gasteiger partial charge in [0.05, 0.1) is 12.5 Å². The number of rotatable bonds is 7. The summed E-state index contributed by atoms with van der Waals surface area (Å²) in [6.07, 6.45) is 4.14. The molecule has 2 N–H and O–H groups in total. The highest BCUT2D eigenvalue weighted by Crippen LogP contribution is 2.43. The molecule has 0 fully saturated rings. The Hall–Kier alpha value is -3.94. The largest absolute Gasteiger partial charge is 0.497 e. The van der Waals surface area contributed by atoms with Crippen LogP contribution in [0.2, 0.25) is 0 Å². The predicted molar refractivity (Wildman–Crippen MR) is 142 cm³/mol. The van der Waals surface area contributed by atoms with Gasteiger partial charge >= 0.3 is 5.63 Å². The van der Waals surface area contributed by atoms with Gasteiger partial charge in [-0.3, -0.25) is 4.79 Å². The molecule has 0 saturated carbocycles. The Kier molecular flexibility index (Phi) is 6.35. The standard InChI is InChI=1S/C29H32N2O6/c1-16-17(2)28(33)36-27-20-8-10-29(3,4)37-23(20)13-24(26(16)27)35-15-25(32)30-11-9-18-14-31-22-7-6-19(34-5)12-21(18)22/h6-7,12-14,31H,8-11,15H2,1-5H3,(H,30,32). The van der Waals surface area contributed by atoms with Crippen molar-refractivity contribution in [3.63, 3.8) is 0 Å². The van der Waals surface area contributed by atoms with E-state index in [9.17, 15) is 9.59 Å². The number of hydrogen-bond donors (Lipinski definition) is 2. The van der Waals surface area contributed by atoms with Gasteiger partial charge in [0.15, 0.2) is 6.61 Å². The van der Waals surface area contributed by atoms with Crippen LogP contribution in [0.5, 0.6) is 17.2 Å². The van der Waals surface area contributed by atoms with Gasteiger partial charge in [0.2, 0.25) is 0 Å². The maximum Gasteiger partial charge on any atom is 0.339 e. The molecular weight excluding hydrogens is 472 g/mol. The van der Waals surface area contributed by atoms with Crippen LogP contribution in [0.25, 0.3) is 21.9 Å². The van der Waals surface area contributed by atoms with Crippen LogP contribution >= 0.6 is 0 Å². The fourth-order valence-electron chi connectivity index (χ4n) is 4.87. The Balaban J connectivity index is 1.32. The maximum atomic E-state index is 12.7. The van der Waals surface area contributed by atoms with Gasteiger partial charge in [0, 0.05) is 40.8 Å². The minimum absolute atomic E-state index is 0.170. The van der Waals surface area contributed by atoms with E-state index >= 15 is 0 Å². The van der Waals surface area contributed by atoms with E-state index in [0.717, 1.165) is 46.2 Å². The number of ether oxygens (including phenoxy) is 3. The fraction of sp³-hybridized carbons (Fsp3) is 0.379. The van der Waals surface area contributed by atoms with Gasteiger partial charge in [-0.2, -0.15) is 0 Å². The normalized spacial score (nSPS) is 14.3. The van der Waals surface area contributed by atoms with Crippen LogP contribution in [0.3, 0.4) is 0 Å². The van der Waals surface area contributed by atoms with Gasteiger partial charge in [-0.15, -0.1) is 0 Å². The number of amides is 1. The van der Waals surface area contributed by atoms with Gasteiger partial charge in [-0.05, 0) is 76.3 Å². The molecule has 0 spiro atoms. The van der Waals surface area contributed by atoms with Crippen LogP contribution in [-0.2, 0) is 17.6 Å². The summed E-state index contributed by atoms with van der Waals surface area (Å²) in [5.41, 5.74) is 4.04. The lowest BCUT2D eigenvalue weighted by atomic mass is 9.92. The molecule has 0 atom stereocenters. The second-order valence-corrected chi connectivity index (χ2v) is 10.2. The van der Waals surface area contributed by atoms with Crippen molar-refractivity contribution in [1.82, 2.24) is 10.3 Å². The van der Waals surface area contributed by atoms with Crippen molar-refractivity contribution in [2.75, 3.05) is 20.3 Å². The monoisotopic (exact) mass is 504 g/mol. The van der Waals surface area contributed by atoms with Crippen molar-refractivity contribution in [3.8, 4) is 17.2 Å². The highest BCUT2D eigenvalue weighted by Gasteiger charge is 2.31. The molecule has 2 aromatic carbocycles. The number of H-pyrrole nitrogens is 1. The smallest absolute Gasteiger partial charge is 0.339 e. The lowest BCUT2D eigenvalue weighted by Crippen LogP contribution is -2.33. The zero-order valence-corrected chi connectivity index (χ0v) is 21.9. The van der Waals surface area contributed by atoms with E-state index in [0.29, 0.717) is 41.0 Å². The van der Waals surface area contributed by atoms with E-state index in [4.69, 9.17) is 18.6 Å². The molecule has 1 aliphatic heterocycles. The maximum absolute atomic E-state index is 12.7. The number of fused-ring (bicyclic) bond motifs is 4. The van der Waals surface area contributed by atoms with Gasteiger partial charge in [0.1, 0.15) is 28.4 Å². The SMILES string of the molecule is COc1ccc2[nH]cc(CCNC(=O)COc3cc4c(c5oc(=O)c(C)c(C)c35)CCC(C)(C)O4)c2c1. The highest BCUT2D eigenvalue weighted by atomic mass is 16.5. The van der Waals surface area contributed by atoms with Gasteiger partial charge in [0.25, 0.3) is 5.91 Å². The molecule has 8 nitrogen and oxygen atoms in total. The predicted octanol–water partition coefficient (Wildman–Crippen LogP) is 4.74. The molecule has 4 aromatic rings. The number of hydrogen-bond acceptors (Lipinski definition) is 6. The third-order valence-electron chi connectivity index (χ3n) is 7.16. The zero-order chi connectivity index (χ0) is 26.3. The van der Waals surface area contributed by atoms with E-state index in [-0.39, 0.29) is 23.7 Å². The second kappa shape index (κ2) is 9.50. The van der Waals surface area contributed by atoms with E-state index < -0.39 is 0 Å². The minimum Gasteiger partial charge on any atom is -0.497 e. The summed E-state index contributed by atoms with van der Waals surface area (Å²) in [5.74, 6) is 1.64. The van der Waals surface area contributed by atoms with Gasteiger partial charge in [-0.25, -0.2) is 4.79 Å². The molecular formula is C29H32N2O6. The lowest BCUT2D eigenvalue weighted by Gasteiger charge is -2.33. The number of nitrogens with one attached hydrogen (secondary N) is 2. The Bertz CT molecular complexity index is 1560. The number of benzene rings is 2. The summed E-state index contributed by atoms with van der Waals surface area (Å²) in [7, 11) is 1.64. The van der Waals surface area contributed by atoms with Crippen molar-refractivity contribution in [2.24, 2.45) is 0 Å². The molecule has 1 aliphatic rings. The summed E-state index contributed by atoms with van der Waals surface area (Å²) in [6, 6.07) is 7.69. The van der Waals surface area contributed by atoms with Crippen LogP contribution in [-0.4, -0.2) is 36.8 Å². The van der Waals surface area contributed by atoms with Crippen LogP contribution in [0.1, 0.15) is 42.5 Å². The first-order valence-corrected chi connectivity index (χ1v) is 12.5. The molecule has 37 heavy (non-hydrogen) atoms. The van der Waals surface area contributed by atoms with E-state index in [1.807, 2.05) is 51.2 Å². The molecule has 0 unspecified atom stereocenters. The Morgan fingerprint density at radius 1 is 1.19 bits per heavy atom. The van der Waals surface area contributed by atoms with E-state index in [2.05, 4.69) is 10.3 Å². The second-order valence-electron chi connectivity index (χ2n) is 10.2. The van der Waals surface area contributed by atoms with Crippen LogP contribution in [0.15, 0.2) is 39.7 Å². The zero-order valence-electron chi connectivity index (χ0n) is 21.9. The molecule has 194 valence electrons. The summed E-state index contributed by atoms with van der Waals surface area (Å²) < 4.78 is 23.2. The van der Waals surface area contributed by atoms with Crippen molar-refractivity contribution < 1.29 is 23.4 Å². The third-order valence-corrected chi connectivity index (χ3v) is 7.16. The van der Waals surface area contributed by atoms with Crippen molar-refractivity contribution in [2.45, 2.75) is 52.6 Å². The summed E-state index contributed by atoms with van der Waals surface area (Å²) in [5, 5.41) is 4.71. The Labute approximate surface area is 214 Å². The molecule has 1 amide bonds. The average Bonchev–Trinajstić information content (AvgIpc) is 3.27. The number of aryl methyl sites for hydroxylation is 2. The summed E-state index contributed by atoms with van der Waals surface area (Å²) in [4.78, 5) is 28.4. The van der Waals surface area contributed by atoms with Gasteiger partial charge in [-0.1, -0.05) is 0 Å². The van der Waals surface area contributed by atoms with E-state index in [1.54, 1.807) is 14.0 Å². The lowest BCUT2D eigenvalue weighted by molar-refractivity contribution is -0.123. The molecule has 0 aliphatic carbocycles. The summed E-state index contributed by atoms with van der Waals surface area (Å²) >= 11 is 0. The third kappa shape index (κ3) is 4.75. The number of carbonyl (C=O) groups is 1. The molecule has 0 saturated heterocycles. The van der Waals surface area contributed by atoms with E-state index in [1.165, 1.54) is 0 Å². The number of carbonyl (C=O) groups excluding carboxylic acids is 1. The molecule has 5 rings (SSSR count). The topological polar surface area (TPSA) is 103 Å². The Morgan fingerprint density at radius 2 is 2.00 bits per heavy atom. The number of aromatic nitrogens is 1. The average molecular weight is 505 g/mol. The van der Waals surface area contributed by atoms with Crippen LogP contribution in [0, 0.1) is 13.8 Å². The molecule has 2 aromatic heterocycles. The first-order valence-electron chi connectivity index (χ1n) is 12.5. The number of methoxy groups -OCH3 is 1. The quantitative estimate of drug-likeness (QED) is 0.353.